The number of nitrogens with zero attached hydrogens (tertiary/aromatic N) is 3. The third-order valence-electron chi connectivity index (χ3n) is 4.75. The number of hydrogen-bond donors (Lipinski definition) is 0. The van der Waals surface area contributed by atoms with Crippen LogP contribution in [0.5, 0.6) is 0 Å². The van der Waals surface area contributed by atoms with Crippen molar-refractivity contribution in [1.29, 1.82) is 0 Å². The van der Waals surface area contributed by atoms with Crippen LogP contribution in [0.4, 0.5) is 0 Å². The molecule has 2 fully saturated rings. The molecule has 3 atom stereocenters. The van der Waals surface area contributed by atoms with Crippen LogP contribution in [-0.4, -0.2) is 72.8 Å². The second-order valence-corrected chi connectivity index (χ2v) is 6.30. The van der Waals surface area contributed by atoms with Gasteiger partial charge in [-0.25, -0.2) is 0 Å². The predicted octanol–water partition coefficient (Wildman–Crippen LogP) is 0.918. The van der Waals surface area contributed by atoms with E-state index in [0.717, 1.165) is 38.2 Å². The van der Waals surface area contributed by atoms with E-state index in [1.54, 1.807) is 18.2 Å². The number of hydrogen-bond acceptors (Lipinski definition) is 5. The molecule has 0 saturated carbocycles. The molecule has 0 aromatic carbocycles. The zero-order chi connectivity index (χ0) is 16.2. The Hall–Kier alpha value is -1.50. The molecule has 126 valence electrons. The van der Waals surface area contributed by atoms with Crippen LogP contribution >= 0.6 is 0 Å². The minimum absolute atomic E-state index is 0.0525. The number of likely N-dealkylation sites (tertiary alicyclic amines) is 1. The van der Waals surface area contributed by atoms with Crippen molar-refractivity contribution in [3.63, 3.8) is 0 Å². The molecule has 0 radical (unpaired) electrons. The Morgan fingerprint density at radius 3 is 3.13 bits per heavy atom. The number of likely N-dealkylation sites (N-methyl/N-ethyl adjacent to an activating group) is 1. The lowest BCUT2D eigenvalue weighted by Gasteiger charge is -2.23. The second kappa shape index (κ2) is 7.38. The van der Waals surface area contributed by atoms with Gasteiger partial charge in [-0.2, -0.15) is 0 Å². The molecule has 3 heterocycles. The summed E-state index contributed by atoms with van der Waals surface area (Å²) >= 11 is 0. The maximum absolute atomic E-state index is 12.6. The molecule has 1 aromatic heterocycles. The van der Waals surface area contributed by atoms with Crippen LogP contribution in [0.25, 0.3) is 0 Å². The molecule has 6 heteroatoms. The van der Waals surface area contributed by atoms with Crippen molar-refractivity contribution in [2.45, 2.75) is 37.6 Å². The van der Waals surface area contributed by atoms with E-state index in [2.05, 4.69) is 9.88 Å². The normalized spacial score (nSPS) is 27.1. The van der Waals surface area contributed by atoms with Gasteiger partial charge in [-0.1, -0.05) is 6.07 Å². The van der Waals surface area contributed by atoms with E-state index in [1.807, 2.05) is 25.2 Å². The van der Waals surface area contributed by atoms with Gasteiger partial charge in [-0.05, 0) is 18.6 Å². The quantitative estimate of drug-likeness (QED) is 0.780. The number of methoxy groups -OCH3 is 1. The lowest BCUT2D eigenvalue weighted by atomic mass is 10.1. The minimum Gasteiger partial charge on any atom is -0.383 e. The molecule has 1 amide bonds. The number of carbonyl (C=O) groups is 1. The minimum atomic E-state index is -0.330. The maximum Gasteiger partial charge on any atom is 0.251 e. The molecule has 0 bridgehead atoms. The first-order chi connectivity index (χ1) is 11.2. The average Bonchev–Trinajstić information content (AvgIpc) is 3.14. The van der Waals surface area contributed by atoms with E-state index in [9.17, 15) is 4.79 Å². The topological polar surface area (TPSA) is 54.9 Å². The first kappa shape index (κ1) is 16.4. The van der Waals surface area contributed by atoms with Crippen molar-refractivity contribution in [2.24, 2.45) is 0 Å². The number of amides is 1. The van der Waals surface area contributed by atoms with Gasteiger partial charge in [-0.15, -0.1) is 0 Å². The fourth-order valence-corrected chi connectivity index (χ4v) is 3.54. The molecule has 3 rings (SSSR count). The first-order valence-electron chi connectivity index (χ1n) is 8.22. The molecule has 0 unspecified atom stereocenters. The third-order valence-corrected chi connectivity index (χ3v) is 4.75. The molecular weight excluding hydrogens is 294 g/mol. The summed E-state index contributed by atoms with van der Waals surface area (Å²) in [5.41, 5.74) is 0.892. The summed E-state index contributed by atoms with van der Waals surface area (Å²) < 4.78 is 11.2. The van der Waals surface area contributed by atoms with Crippen LogP contribution in [0.3, 0.4) is 0 Å². The van der Waals surface area contributed by atoms with Gasteiger partial charge >= 0.3 is 0 Å². The predicted molar refractivity (Wildman–Crippen MR) is 85.8 cm³/mol. The highest BCUT2D eigenvalue weighted by molar-refractivity contribution is 5.81. The van der Waals surface area contributed by atoms with Crippen molar-refractivity contribution < 1.29 is 14.3 Å². The Bertz CT molecular complexity index is 525. The van der Waals surface area contributed by atoms with Gasteiger partial charge in [0.25, 0.3) is 5.91 Å². The number of rotatable bonds is 6. The number of carbonyl (C=O) groups excluding carboxylic acids is 1. The lowest BCUT2D eigenvalue weighted by Crippen LogP contribution is -2.38. The summed E-state index contributed by atoms with van der Waals surface area (Å²) in [6, 6.07) is 6.09. The van der Waals surface area contributed by atoms with Crippen molar-refractivity contribution in [1.82, 2.24) is 14.8 Å². The summed E-state index contributed by atoms with van der Waals surface area (Å²) in [7, 11) is 3.54. The van der Waals surface area contributed by atoms with Gasteiger partial charge in [0.05, 0.1) is 24.9 Å². The lowest BCUT2D eigenvalue weighted by molar-refractivity contribution is -0.142. The maximum atomic E-state index is 12.6. The SMILES string of the molecule is COCCN1CC[C@@H]2O[C@H](C(=O)N(C)Cc3ccccn3)C[C@@H]21. The molecule has 2 saturated heterocycles. The Kier molecular flexibility index (Phi) is 5.25. The second-order valence-electron chi connectivity index (χ2n) is 6.30. The molecule has 2 aliphatic rings. The van der Waals surface area contributed by atoms with Crippen LogP contribution < -0.4 is 0 Å². The van der Waals surface area contributed by atoms with Crippen LogP contribution in [0.2, 0.25) is 0 Å². The zero-order valence-corrected chi connectivity index (χ0v) is 13.9. The Labute approximate surface area is 137 Å². The molecule has 0 N–H and O–H groups in total. The van der Waals surface area contributed by atoms with Crippen LogP contribution in [-0.2, 0) is 20.8 Å². The number of pyridine rings is 1. The third kappa shape index (κ3) is 3.71. The van der Waals surface area contributed by atoms with Crippen molar-refractivity contribution in [2.75, 3.05) is 33.9 Å². The highest BCUT2D eigenvalue weighted by Gasteiger charge is 2.45. The average molecular weight is 319 g/mol. The van der Waals surface area contributed by atoms with Gasteiger partial charge in [0.1, 0.15) is 6.10 Å². The molecule has 6 nitrogen and oxygen atoms in total. The highest BCUT2D eigenvalue weighted by Crippen LogP contribution is 2.33. The van der Waals surface area contributed by atoms with E-state index < -0.39 is 0 Å². The van der Waals surface area contributed by atoms with Gasteiger partial charge in [0.2, 0.25) is 0 Å². The van der Waals surface area contributed by atoms with Crippen LogP contribution in [0.1, 0.15) is 18.5 Å². The Morgan fingerprint density at radius 1 is 1.52 bits per heavy atom. The van der Waals surface area contributed by atoms with E-state index in [-0.39, 0.29) is 18.1 Å². The molecule has 23 heavy (non-hydrogen) atoms. The largest absolute Gasteiger partial charge is 0.383 e. The number of ether oxygens (including phenoxy) is 2. The van der Waals surface area contributed by atoms with Gasteiger partial charge in [-0.3, -0.25) is 14.7 Å². The number of aromatic nitrogens is 1. The van der Waals surface area contributed by atoms with Gasteiger partial charge in [0.15, 0.2) is 0 Å². The molecule has 1 aromatic rings. The molecular formula is C17H25N3O3. The van der Waals surface area contributed by atoms with Gasteiger partial charge in [0, 0.05) is 45.9 Å². The van der Waals surface area contributed by atoms with E-state index >= 15 is 0 Å². The van der Waals surface area contributed by atoms with E-state index in [4.69, 9.17) is 9.47 Å². The molecule has 0 spiro atoms. The summed E-state index contributed by atoms with van der Waals surface area (Å²) in [5, 5.41) is 0. The molecule has 0 aliphatic carbocycles. The van der Waals surface area contributed by atoms with E-state index in [1.165, 1.54) is 0 Å². The monoisotopic (exact) mass is 319 g/mol. The Morgan fingerprint density at radius 2 is 2.39 bits per heavy atom. The summed E-state index contributed by atoms with van der Waals surface area (Å²) in [4.78, 5) is 21.0. The molecule has 2 aliphatic heterocycles. The van der Waals surface area contributed by atoms with Crippen molar-refractivity contribution in [3.8, 4) is 0 Å². The summed E-state index contributed by atoms with van der Waals surface area (Å²) in [6.45, 7) is 3.18. The smallest absolute Gasteiger partial charge is 0.251 e. The van der Waals surface area contributed by atoms with Crippen LogP contribution in [0.15, 0.2) is 24.4 Å². The van der Waals surface area contributed by atoms with Crippen molar-refractivity contribution >= 4 is 5.91 Å². The highest BCUT2D eigenvalue weighted by atomic mass is 16.5. The standard InChI is InChI=1S/C17H25N3O3/c1-19(12-13-5-3-4-7-18-13)17(21)16-11-14-15(23-16)6-8-20(14)9-10-22-2/h3-5,7,14-16H,6,8-12H2,1-2H3/t14-,15-,16-/m0/s1. The van der Waals surface area contributed by atoms with E-state index in [0.29, 0.717) is 12.6 Å². The Balaban J connectivity index is 1.55. The summed E-state index contributed by atoms with van der Waals surface area (Å²) in [6.07, 6.45) is 3.38. The van der Waals surface area contributed by atoms with Crippen LogP contribution in [0, 0.1) is 0 Å². The number of fused-ring (bicyclic) bond motifs is 1. The van der Waals surface area contributed by atoms with Crippen molar-refractivity contribution in [3.05, 3.63) is 30.1 Å². The summed E-state index contributed by atoms with van der Waals surface area (Å²) in [5.74, 6) is 0.0525. The van der Waals surface area contributed by atoms with Gasteiger partial charge < -0.3 is 14.4 Å². The zero-order valence-electron chi connectivity index (χ0n) is 13.9. The fourth-order valence-electron chi connectivity index (χ4n) is 3.54. The first-order valence-corrected chi connectivity index (χ1v) is 8.22. The fraction of sp³-hybridized carbons (Fsp3) is 0.647.